The van der Waals surface area contributed by atoms with Crippen molar-refractivity contribution in [3.8, 4) is 0 Å². The summed E-state index contributed by atoms with van der Waals surface area (Å²) in [5, 5.41) is 0. The number of ketones is 1. The maximum Gasteiger partial charge on any atom is 0.416 e. The van der Waals surface area contributed by atoms with Gasteiger partial charge in [-0.25, -0.2) is 8.42 Å². The molecule has 0 bridgehead atoms. The van der Waals surface area contributed by atoms with Gasteiger partial charge in [0.15, 0.2) is 0 Å². The van der Waals surface area contributed by atoms with Crippen LogP contribution in [0.25, 0.3) is 0 Å². The van der Waals surface area contributed by atoms with Crippen LogP contribution in [-0.2, 0) is 21.0 Å². The van der Waals surface area contributed by atoms with Crippen LogP contribution in [0.1, 0.15) is 18.4 Å². The monoisotopic (exact) mass is 307 g/mol. The van der Waals surface area contributed by atoms with E-state index >= 15 is 0 Å². The molecule has 0 atom stereocenters. The Morgan fingerprint density at radius 3 is 1.95 bits per heavy atom. The topological polar surface area (TPSA) is 54.5 Å². The first-order valence-corrected chi connectivity index (χ1v) is 7.34. The summed E-state index contributed by atoms with van der Waals surface area (Å²) in [6, 6.07) is 3.35. The largest absolute Gasteiger partial charge is 0.416 e. The molecule has 1 fully saturated rings. The lowest BCUT2D eigenvalue weighted by Gasteiger charge is -2.25. The molecule has 1 aromatic carbocycles. The first-order chi connectivity index (χ1) is 9.21. The summed E-state index contributed by atoms with van der Waals surface area (Å²) >= 11 is 0. The quantitative estimate of drug-likeness (QED) is 0.840. The number of carbonyl (C=O) groups is 1. The highest BCUT2D eigenvalue weighted by molar-refractivity contribution is 7.89. The van der Waals surface area contributed by atoms with Crippen LogP contribution in [0.15, 0.2) is 29.2 Å². The maximum absolute atomic E-state index is 12.4. The average Bonchev–Trinajstić information content (AvgIpc) is 2.38. The van der Waals surface area contributed by atoms with E-state index in [1.807, 2.05) is 0 Å². The van der Waals surface area contributed by atoms with Crippen LogP contribution in [0, 0.1) is 0 Å². The Labute approximate surface area is 114 Å². The first kappa shape index (κ1) is 15.0. The number of nitrogens with zero attached hydrogens (tertiary/aromatic N) is 1. The molecule has 0 spiro atoms. The SMILES string of the molecule is O=C1CCN(S(=O)(=O)c2ccc(C(F)(F)F)cc2)CC1. The van der Waals surface area contributed by atoms with Gasteiger partial charge in [0.1, 0.15) is 5.78 Å². The van der Waals surface area contributed by atoms with Crippen LogP contribution >= 0.6 is 0 Å². The minimum absolute atomic E-state index is 0.0103. The van der Waals surface area contributed by atoms with Crippen LogP contribution in [0.5, 0.6) is 0 Å². The van der Waals surface area contributed by atoms with Gasteiger partial charge in [-0.1, -0.05) is 0 Å². The standard InChI is InChI=1S/C12H12F3NO3S/c13-12(14,15)9-1-3-11(4-2-9)20(18,19)16-7-5-10(17)6-8-16/h1-4H,5-8H2. The van der Waals surface area contributed by atoms with Crippen molar-refractivity contribution in [2.45, 2.75) is 23.9 Å². The van der Waals surface area contributed by atoms with Crippen molar-refractivity contribution in [3.63, 3.8) is 0 Å². The molecule has 1 aliphatic rings. The van der Waals surface area contributed by atoms with Crippen molar-refractivity contribution >= 4 is 15.8 Å². The summed E-state index contributed by atoms with van der Waals surface area (Å²) in [5.74, 6) is -0.0103. The highest BCUT2D eigenvalue weighted by Gasteiger charge is 2.32. The molecule has 8 heteroatoms. The van der Waals surface area contributed by atoms with Gasteiger partial charge in [0.05, 0.1) is 10.5 Å². The van der Waals surface area contributed by atoms with E-state index in [1.54, 1.807) is 0 Å². The number of Topliss-reactive ketones (excluding diaryl/α,β-unsaturated/α-hetero) is 1. The Bertz CT molecular complexity index is 598. The molecule has 20 heavy (non-hydrogen) atoms. The van der Waals surface area contributed by atoms with Crippen LogP contribution in [0.2, 0.25) is 0 Å². The highest BCUT2D eigenvalue weighted by atomic mass is 32.2. The molecule has 4 nitrogen and oxygen atoms in total. The van der Waals surface area contributed by atoms with Gasteiger partial charge in [-0.3, -0.25) is 4.79 Å². The smallest absolute Gasteiger partial charge is 0.300 e. The molecule has 1 aliphatic heterocycles. The van der Waals surface area contributed by atoms with E-state index in [0.29, 0.717) is 0 Å². The average molecular weight is 307 g/mol. The third kappa shape index (κ3) is 3.01. The number of alkyl halides is 3. The van der Waals surface area contributed by atoms with Crippen LogP contribution in [-0.4, -0.2) is 31.6 Å². The van der Waals surface area contributed by atoms with Gasteiger partial charge in [0.2, 0.25) is 10.0 Å². The number of rotatable bonds is 2. The van der Waals surface area contributed by atoms with Crippen molar-refractivity contribution in [2.24, 2.45) is 0 Å². The minimum atomic E-state index is -4.50. The molecular weight excluding hydrogens is 295 g/mol. The summed E-state index contributed by atoms with van der Waals surface area (Å²) in [4.78, 5) is 10.9. The fourth-order valence-corrected chi connectivity index (χ4v) is 3.38. The van der Waals surface area contributed by atoms with Gasteiger partial charge in [0, 0.05) is 25.9 Å². The Hall–Kier alpha value is -1.41. The number of carbonyl (C=O) groups excluding carboxylic acids is 1. The molecular formula is C12H12F3NO3S. The number of sulfonamides is 1. The van der Waals surface area contributed by atoms with Gasteiger partial charge < -0.3 is 0 Å². The molecule has 1 heterocycles. The predicted octanol–water partition coefficient (Wildman–Crippen LogP) is 2.06. The maximum atomic E-state index is 12.4. The van der Waals surface area contributed by atoms with Crippen molar-refractivity contribution in [1.29, 1.82) is 0 Å². The van der Waals surface area contributed by atoms with Crippen LogP contribution in [0.4, 0.5) is 13.2 Å². The Kier molecular flexibility index (Phi) is 3.88. The van der Waals surface area contributed by atoms with E-state index in [4.69, 9.17) is 0 Å². The Morgan fingerprint density at radius 2 is 1.50 bits per heavy atom. The lowest BCUT2D eigenvalue weighted by Crippen LogP contribution is -2.38. The summed E-state index contributed by atoms with van der Waals surface area (Å²) in [6.07, 6.45) is -4.22. The number of halogens is 3. The van der Waals surface area contributed by atoms with Crippen molar-refractivity contribution in [3.05, 3.63) is 29.8 Å². The molecule has 0 radical (unpaired) electrons. The predicted molar refractivity (Wildman–Crippen MR) is 64.4 cm³/mol. The second kappa shape index (κ2) is 5.17. The summed E-state index contributed by atoms with van der Waals surface area (Å²) in [5.41, 5.74) is -0.898. The van der Waals surface area contributed by atoms with E-state index in [0.717, 1.165) is 28.6 Å². The molecule has 0 N–H and O–H groups in total. The number of piperidine rings is 1. The third-order valence-corrected chi connectivity index (χ3v) is 5.01. The zero-order valence-corrected chi connectivity index (χ0v) is 11.2. The van der Waals surface area contributed by atoms with Crippen molar-refractivity contribution < 1.29 is 26.4 Å². The zero-order valence-electron chi connectivity index (χ0n) is 10.4. The molecule has 1 saturated heterocycles. The van der Waals surface area contributed by atoms with Gasteiger partial charge in [-0.05, 0) is 24.3 Å². The van der Waals surface area contributed by atoms with E-state index in [1.165, 1.54) is 0 Å². The van der Waals surface area contributed by atoms with Crippen molar-refractivity contribution in [2.75, 3.05) is 13.1 Å². The van der Waals surface area contributed by atoms with Gasteiger partial charge in [-0.2, -0.15) is 17.5 Å². The van der Waals surface area contributed by atoms with Crippen LogP contribution < -0.4 is 0 Å². The number of benzene rings is 1. The van der Waals surface area contributed by atoms with E-state index in [2.05, 4.69) is 0 Å². The fraction of sp³-hybridized carbons (Fsp3) is 0.417. The summed E-state index contributed by atoms with van der Waals surface area (Å²) in [7, 11) is -3.83. The van der Waals surface area contributed by atoms with Gasteiger partial charge >= 0.3 is 6.18 Å². The normalized spacial score (nSPS) is 18.2. The molecule has 2 rings (SSSR count). The number of hydrogen-bond donors (Lipinski definition) is 0. The highest BCUT2D eigenvalue weighted by Crippen LogP contribution is 2.30. The molecule has 0 aromatic heterocycles. The van der Waals surface area contributed by atoms with E-state index < -0.39 is 21.8 Å². The summed E-state index contributed by atoms with van der Waals surface area (Å²) in [6.45, 7) is 0.143. The molecule has 1 aromatic rings. The lowest BCUT2D eigenvalue weighted by molar-refractivity contribution is -0.137. The first-order valence-electron chi connectivity index (χ1n) is 5.90. The van der Waals surface area contributed by atoms with Gasteiger partial charge in [0.25, 0.3) is 0 Å². The molecule has 0 amide bonds. The zero-order chi connectivity index (χ0) is 15.0. The van der Waals surface area contributed by atoms with Gasteiger partial charge in [-0.15, -0.1) is 0 Å². The third-order valence-electron chi connectivity index (χ3n) is 3.10. The Morgan fingerprint density at radius 1 is 1.00 bits per heavy atom. The summed E-state index contributed by atoms with van der Waals surface area (Å²) < 4.78 is 62.7. The molecule has 110 valence electrons. The molecule has 0 saturated carbocycles. The second-order valence-electron chi connectivity index (χ2n) is 4.46. The minimum Gasteiger partial charge on any atom is -0.300 e. The second-order valence-corrected chi connectivity index (χ2v) is 6.40. The van der Waals surface area contributed by atoms with E-state index in [9.17, 15) is 26.4 Å². The molecule has 0 unspecified atom stereocenters. The Balaban J connectivity index is 2.24. The fourth-order valence-electron chi connectivity index (χ4n) is 1.94. The molecule has 0 aliphatic carbocycles. The number of hydrogen-bond acceptors (Lipinski definition) is 3. The lowest BCUT2D eigenvalue weighted by atomic mass is 10.1. The van der Waals surface area contributed by atoms with Crippen molar-refractivity contribution in [1.82, 2.24) is 4.31 Å². The van der Waals surface area contributed by atoms with E-state index in [-0.39, 0.29) is 36.6 Å². The van der Waals surface area contributed by atoms with Crippen LogP contribution in [0.3, 0.4) is 0 Å².